The van der Waals surface area contributed by atoms with Crippen LogP contribution in [0.3, 0.4) is 0 Å². The van der Waals surface area contributed by atoms with Crippen LogP contribution in [0.15, 0.2) is 41.3 Å². The molecule has 0 aliphatic heterocycles. The fourth-order valence-electron chi connectivity index (χ4n) is 1.81. The summed E-state index contributed by atoms with van der Waals surface area (Å²) in [5.74, 6) is 0.177. The molecule has 0 bridgehead atoms. The molecule has 21 heavy (non-hydrogen) atoms. The van der Waals surface area contributed by atoms with Crippen LogP contribution in [-0.4, -0.2) is 15.5 Å². The van der Waals surface area contributed by atoms with Crippen LogP contribution in [0, 0.1) is 6.92 Å². The summed E-state index contributed by atoms with van der Waals surface area (Å²) in [6, 6.07) is 9.34. The van der Waals surface area contributed by atoms with E-state index in [0.29, 0.717) is 16.4 Å². The number of methoxy groups -OCH3 is 1. The highest BCUT2D eigenvalue weighted by Gasteiger charge is 2.20. The first-order chi connectivity index (χ1) is 9.83. The van der Waals surface area contributed by atoms with Crippen molar-refractivity contribution in [3.63, 3.8) is 0 Å². The Hall–Kier alpha value is -1.92. The van der Waals surface area contributed by atoms with Gasteiger partial charge in [0, 0.05) is 16.8 Å². The molecule has 2 aromatic carbocycles. The molecular weight excluding hydrogens is 312 g/mol. The molecule has 0 aromatic heterocycles. The van der Waals surface area contributed by atoms with Crippen LogP contribution in [0.2, 0.25) is 5.02 Å². The number of nitrogens with two attached hydrogens (primary N) is 1. The molecule has 5 nitrogen and oxygen atoms in total. The number of hydrogen-bond acceptors (Lipinski definition) is 4. The first-order valence-electron chi connectivity index (χ1n) is 6.06. The highest BCUT2D eigenvalue weighted by molar-refractivity contribution is 7.92. The largest absolute Gasteiger partial charge is 0.495 e. The van der Waals surface area contributed by atoms with Crippen molar-refractivity contribution < 1.29 is 13.2 Å². The van der Waals surface area contributed by atoms with Gasteiger partial charge in [-0.15, -0.1) is 0 Å². The van der Waals surface area contributed by atoms with Gasteiger partial charge in [0.05, 0.1) is 12.8 Å². The molecule has 0 radical (unpaired) electrons. The summed E-state index contributed by atoms with van der Waals surface area (Å²) >= 11 is 5.84. The van der Waals surface area contributed by atoms with E-state index in [2.05, 4.69) is 4.72 Å². The van der Waals surface area contributed by atoms with E-state index in [1.807, 2.05) is 0 Å². The third-order valence-corrected chi connectivity index (χ3v) is 4.56. The van der Waals surface area contributed by atoms with Crippen LogP contribution in [0.25, 0.3) is 0 Å². The Balaban J connectivity index is 2.46. The molecule has 0 spiro atoms. The van der Waals surface area contributed by atoms with E-state index in [9.17, 15) is 8.42 Å². The lowest BCUT2D eigenvalue weighted by molar-refractivity contribution is 0.403. The quantitative estimate of drug-likeness (QED) is 0.846. The number of halogens is 1. The van der Waals surface area contributed by atoms with Crippen molar-refractivity contribution >= 4 is 33.0 Å². The topological polar surface area (TPSA) is 81.4 Å². The maximum absolute atomic E-state index is 12.5. The van der Waals surface area contributed by atoms with E-state index in [0.717, 1.165) is 5.56 Å². The highest BCUT2D eigenvalue weighted by Crippen LogP contribution is 2.29. The van der Waals surface area contributed by atoms with Crippen molar-refractivity contribution in [1.29, 1.82) is 0 Å². The van der Waals surface area contributed by atoms with Crippen LogP contribution in [-0.2, 0) is 10.0 Å². The van der Waals surface area contributed by atoms with Crippen molar-refractivity contribution in [1.82, 2.24) is 0 Å². The van der Waals surface area contributed by atoms with Crippen molar-refractivity contribution in [2.45, 2.75) is 11.8 Å². The second kappa shape index (κ2) is 5.83. The second-order valence-electron chi connectivity index (χ2n) is 4.48. The molecule has 2 rings (SSSR count). The molecule has 0 amide bonds. The van der Waals surface area contributed by atoms with E-state index in [-0.39, 0.29) is 10.6 Å². The fourth-order valence-corrected chi connectivity index (χ4v) is 3.25. The Morgan fingerprint density at radius 2 is 1.90 bits per heavy atom. The van der Waals surface area contributed by atoms with Crippen LogP contribution in [0.5, 0.6) is 5.75 Å². The molecular formula is C14H15ClN2O3S. The summed E-state index contributed by atoms with van der Waals surface area (Å²) in [5, 5.41) is 0.394. The summed E-state index contributed by atoms with van der Waals surface area (Å²) < 4.78 is 32.5. The minimum atomic E-state index is -3.80. The number of nitrogen functional groups attached to an aromatic ring is 1. The van der Waals surface area contributed by atoms with Gasteiger partial charge in [0.25, 0.3) is 10.0 Å². The monoisotopic (exact) mass is 326 g/mol. The second-order valence-corrected chi connectivity index (χ2v) is 6.56. The molecule has 0 atom stereocenters. The minimum absolute atomic E-state index is 0.0104. The fraction of sp³-hybridized carbons (Fsp3) is 0.143. The van der Waals surface area contributed by atoms with Gasteiger partial charge in [-0.05, 0) is 36.8 Å². The van der Waals surface area contributed by atoms with Gasteiger partial charge in [-0.25, -0.2) is 8.42 Å². The number of ether oxygens (including phenoxy) is 1. The highest BCUT2D eigenvalue weighted by atomic mass is 35.5. The first kappa shape index (κ1) is 15.5. The van der Waals surface area contributed by atoms with E-state index in [1.54, 1.807) is 25.1 Å². The molecule has 0 unspecified atom stereocenters. The Morgan fingerprint density at radius 3 is 2.57 bits per heavy atom. The number of nitrogens with one attached hydrogen (secondary N) is 1. The van der Waals surface area contributed by atoms with E-state index < -0.39 is 10.0 Å². The van der Waals surface area contributed by atoms with E-state index in [4.69, 9.17) is 22.1 Å². The Kier molecular flexibility index (Phi) is 4.29. The van der Waals surface area contributed by atoms with Crippen LogP contribution < -0.4 is 15.2 Å². The first-order valence-corrected chi connectivity index (χ1v) is 7.92. The number of hydrogen-bond donors (Lipinski definition) is 2. The molecule has 0 heterocycles. The van der Waals surface area contributed by atoms with Crippen LogP contribution >= 0.6 is 11.6 Å². The predicted molar refractivity (Wildman–Crippen MR) is 84.4 cm³/mol. The van der Waals surface area contributed by atoms with Gasteiger partial charge in [-0.1, -0.05) is 17.7 Å². The average Bonchev–Trinajstić information content (AvgIpc) is 2.42. The Labute approximate surface area is 128 Å². The third-order valence-electron chi connectivity index (χ3n) is 2.92. The zero-order valence-electron chi connectivity index (χ0n) is 11.6. The van der Waals surface area contributed by atoms with Gasteiger partial charge in [-0.2, -0.15) is 0 Å². The summed E-state index contributed by atoms with van der Waals surface area (Å²) in [7, 11) is -2.42. The van der Waals surface area contributed by atoms with Gasteiger partial charge < -0.3 is 10.5 Å². The lowest BCUT2D eigenvalue weighted by Gasteiger charge is -2.13. The predicted octanol–water partition coefficient (Wildman–Crippen LogP) is 3.04. The van der Waals surface area contributed by atoms with Crippen LogP contribution in [0.1, 0.15) is 5.56 Å². The molecule has 0 aliphatic rings. The Morgan fingerprint density at radius 1 is 1.19 bits per heavy atom. The maximum Gasteiger partial charge on any atom is 0.265 e. The van der Waals surface area contributed by atoms with Crippen molar-refractivity contribution in [3.8, 4) is 5.75 Å². The van der Waals surface area contributed by atoms with Gasteiger partial charge in [-0.3, -0.25) is 4.72 Å². The van der Waals surface area contributed by atoms with Crippen LogP contribution in [0.4, 0.5) is 11.4 Å². The van der Waals surface area contributed by atoms with Gasteiger partial charge in [0.2, 0.25) is 0 Å². The van der Waals surface area contributed by atoms with E-state index >= 15 is 0 Å². The van der Waals surface area contributed by atoms with Gasteiger partial charge >= 0.3 is 0 Å². The number of anilines is 2. The number of benzene rings is 2. The smallest absolute Gasteiger partial charge is 0.265 e. The molecule has 0 saturated heterocycles. The third kappa shape index (κ3) is 3.40. The normalized spacial score (nSPS) is 11.2. The van der Waals surface area contributed by atoms with E-state index in [1.165, 1.54) is 25.3 Å². The summed E-state index contributed by atoms with van der Waals surface area (Å²) in [6.45, 7) is 1.79. The van der Waals surface area contributed by atoms with Crippen molar-refractivity contribution in [2.75, 3.05) is 17.6 Å². The molecule has 0 saturated carbocycles. The molecule has 0 fully saturated rings. The zero-order valence-corrected chi connectivity index (χ0v) is 13.1. The molecule has 112 valence electrons. The average molecular weight is 327 g/mol. The van der Waals surface area contributed by atoms with Gasteiger partial charge in [0.1, 0.15) is 10.6 Å². The number of sulfonamides is 1. The number of rotatable bonds is 4. The lowest BCUT2D eigenvalue weighted by atomic mass is 10.2. The number of aryl methyl sites for hydroxylation is 1. The molecule has 3 N–H and O–H groups in total. The van der Waals surface area contributed by atoms with Crippen molar-refractivity contribution in [2.24, 2.45) is 0 Å². The summed E-state index contributed by atoms with van der Waals surface area (Å²) in [6.07, 6.45) is 0. The molecule has 7 heteroatoms. The minimum Gasteiger partial charge on any atom is -0.495 e. The zero-order chi connectivity index (χ0) is 15.6. The maximum atomic E-state index is 12.5. The Bertz CT molecular complexity index is 776. The molecule has 2 aromatic rings. The van der Waals surface area contributed by atoms with Gasteiger partial charge in [0.15, 0.2) is 0 Å². The summed E-state index contributed by atoms with van der Waals surface area (Å²) in [5.41, 5.74) is 7.35. The standard InChI is InChI=1S/C14H15ClN2O3S/c1-9-3-5-11(16)8-12(9)17-21(18,19)14-6-4-10(15)7-13(14)20-2/h3-8,17H,16H2,1-2H3. The van der Waals surface area contributed by atoms with Crippen molar-refractivity contribution in [3.05, 3.63) is 47.0 Å². The SMILES string of the molecule is COc1cc(Cl)ccc1S(=O)(=O)Nc1cc(N)ccc1C. The lowest BCUT2D eigenvalue weighted by Crippen LogP contribution is -2.15. The molecule has 0 aliphatic carbocycles. The summed E-state index contributed by atoms with van der Waals surface area (Å²) in [4.78, 5) is 0.0104.